The average Bonchev–Trinajstić information content (AvgIpc) is 3.42. The number of rotatable bonds is 6. The molecule has 2 amide bonds. The van der Waals surface area contributed by atoms with Crippen LogP contribution in [0.4, 0.5) is 15.6 Å². The lowest BCUT2D eigenvalue weighted by atomic mass is 10.1. The van der Waals surface area contributed by atoms with Crippen molar-refractivity contribution in [3.63, 3.8) is 0 Å². The zero-order chi connectivity index (χ0) is 22.2. The van der Waals surface area contributed by atoms with Gasteiger partial charge in [0.05, 0.1) is 21.6 Å². The summed E-state index contributed by atoms with van der Waals surface area (Å²) in [5, 5.41) is 3.56. The Hall–Kier alpha value is -3.00. The molecule has 1 fully saturated rings. The molecule has 0 saturated heterocycles. The minimum absolute atomic E-state index is 0.0623. The number of hydrogen-bond acceptors (Lipinski definition) is 6. The van der Waals surface area contributed by atoms with Crippen molar-refractivity contribution in [2.75, 3.05) is 16.8 Å². The maximum absolute atomic E-state index is 12.7. The largest absolute Gasteiger partial charge is 0.446 e. The number of amides is 2. The molecule has 2 aromatic heterocycles. The van der Waals surface area contributed by atoms with Crippen LogP contribution in [0.3, 0.4) is 0 Å². The fourth-order valence-electron chi connectivity index (χ4n) is 4.01. The Morgan fingerprint density at radius 3 is 2.91 bits per heavy atom. The second-order valence-electron chi connectivity index (χ2n) is 8.54. The van der Waals surface area contributed by atoms with Crippen LogP contribution in [0.15, 0.2) is 30.5 Å². The quantitative estimate of drug-likeness (QED) is 0.544. The van der Waals surface area contributed by atoms with Gasteiger partial charge >= 0.3 is 6.09 Å². The molecule has 1 aliphatic carbocycles. The summed E-state index contributed by atoms with van der Waals surface area (Å²) in [6.07, 6.45) is 5.93. The van der Waals surface area contributed by atoms with Crippen LogP contribution in [0.1, 0.15) is 45.2 Å². The third-order valence-corrected chi connectivity index (χ3v) is 6.86. The number of carbonyl (C=O) groups excluding carboxylic acids is 2. The van der Waals surface area contributed by atoms with Gasteiger partial charge in [-0.2, -0.15) is 0 Å². The van der Waals surface area contributed by atoms with Crippen LogP contribution >= 0.6 is 11.3 Å². The zero-order valence-corrected chi connectivity index (χ0v) is 19.1. The van der Waals surface area contributed by atoms with Gasteiger partial charge in [-0.25, -0.2) is 9.78 Å². The number of carbonyl (C=O) groups is 2. The number of aromatic nitrogens is 2. The van der Waals surface area contributed by atoms with Crippen LogP contribution in [-0.4, -0.2) is 34.6 Å². The molecule has 7 nitrogen and oxygen atoms in total. The molecule has 0 radical (unpaired) electrons. The fraction of sp³-hybridized carbons (Fsp3) is 0.417. The summed E-state index contributed by atoms with van der Waals surface area (Å²) in [7, 11) is 0. The second-order valence-corrected chi connectivity index (χ2v) is 9.57. The first-order valence-electron chi connectivity index (χ1n) is 11.2. The lowest BCUT2D eigenvalue weighted by molar-refractivity contribution is -0.117. The van der Waals surface area contributed by atoms with Gasteiger partial charge in [-0.05, 0) is 49.9 Å². The van der Waals surface area contributed by atoms with Crippen molar-refractivity contribution in [3.8, 4) is 11.1 Å². The highest BCUT2D eigenvalue weighted by atomic mass is 32.1. The minimum Gasteiger partial charge on any atom is -0.446 e. The minimum atomic E-state index is -0.308. The number of nitrogens with one attached hydrogen (secondary N) is 1. The smallest absolute Gasteiger partial charge is 0.414 e. The van der Waals surface area contributed by atoms with Crippen LogP contribution in [0.25, 0.3) is 21.3 Å². The molecule has 1 saturated carbocycles. The van der Waals surface area contributed by atoms with E-state index in [1.807, 2.05) is 31.3 Å². The van der Waals surface area contributed by atoms with Gasteiger partial charge in [0.25, 0.3) is 0 Å². The van der Waals surface area contributed by atoms with E-state index in [0.717, 1.165) is 64.8 Å². The van der Waals surface area contributed by atoms with Crippen LogP contribution in [0.5, 0.6) is 0 Å². The van der Waals surface area contributed by atoms with Crippen LogP contribution in [0.2, 0.25) is 0 Å². The third kappa shape index (κ3) is 4.19. The molecule has 1 N–H and O–H groups in total. The fourth-order valence-corrected chi connectivity index (χ4v) is 4.91. The van der Waals surface area contributed by atoms with E-state index in [-0.39, 0.29) is 24.0 Å². The Balaban J connectivity index is 1.38. The molecule has 166 valence electrons. The van der Waals surface area contributed by atoms with Crippen molar-refractivity contribution in [1.29, 1.82) is 0 Å². The van der Waals surface area contributed by atoms with Gasteiger partial charge < -0.3 is 10.1 Å². The van der Waals surface area contributed by atoms with E-state index < -0.39 is 0 Å². The Morgan fingerprint density at radius 2 is 2.12 bits per heavy atom. The van der Waals surface area contributed by atoms with E-state index in [9.17, 15) is 9.59 Å². The topological polar surface area (TPSA) is 84.4 Å². The number of anilines is 2. The van der Waals surface area contributed by atoms with Gasteiger partial charge in [-0.3, -0.25) is 14.7 Å². The number of benzene rings is 1. The average molecular weight is 451 g/mol. The number of pyridine rings is 1. The third-order valence-electron chi connectivity index (χ3n) is 5.93. The SMILES string of the molecule is CCCC(C)OC(=O)N1CCc2ncc(-c3ccc4nc(NC(=O)C5CC5)sc4c3)cc21. The molecule has 0 spiro atoms. The van der Waals surface area contributed by atoms with Gasteiger partial charge in [0.1, 0.15) is 6.10 Å². The highest BCUT2D eigenvalue weighted by Crippen LogP contribution is 2.36. The second kappa shape index (κ2) is 8.50. The number of hydrogen-bond donors (Lipinski definition) is 1. The molecule has 3 heterocycles. The summed E-state index contributed by atoms with van der Waals surface area (Å²) in [5.41, 5.74) is 4.52. The molecule has 1 aromatic carbocycles. The summed E-state index contributed by atoms with van der Waals surface area (Å²) in [4.78, 5) is 35.6. The number of thiazole rings is 1. The van der Waals surface area contributed by atoms with Crippen molar-refractivity contribution in [2.24, 2.45) is 5.92 Å². The number of fused-ring (bicyclic) bond motifs is 2. The van der Waals surface area contributed by atoms with Gasteiger partial charge in [0.15, 0.2) is 5.13 Å². The van der Waals surface area contributed by atoms with Gasteiger partial charge in [-0.15, -0.1) is 0 Å². The molecular formula is C24H26N4O3S. The summed E-state index contributed by atoms with van der Waals surface area (Å²) < 4.78 is 6.61. The molecule has 1 aliphatic heterocycles. The van der Waals surface area contributed by atoms with E-state index in [4.69, 9.17) is 4.74 Å². The highest BCUT2D eigenvalue weighted by Gasteiger charge is 2.30. The van der Waals surface area contributed by atoms with Crippen LogP contribution < -0.4 is 10.2 Å². The Kier molecular flexibility index (Phi) is 5.55. The summed E-state index contributed by atoms with van der Waals surface area (Å²) in [6, 6.07) is 8.03. The van der Waals surface area contributed by atoms with Crippen molar-refractivity contribution in [1.82, 2.24) is 9.97 Å². The molecule has 3 aromatic rings. The number of nitrogens with zero attached hydrogens (tertiary/aromatic N) is 3. The maximum Gasteiger partial charge on any atom is 0.414 e. The van der Waals surface area contributed by atoms with Crippen molar-refractivity contribution < 1.29 is 14.3 Å². The zero-order valence-electron chi connectivity index (χ0n) is 18.3. The number of ether oxygens (including phenoxy) is 1. The molecular weight excluding hydrogens is 424 g/mol. The molecule has 1 atom stereocenters. The van der Waals surface area contributed by atoms with E-state index in [1.165, 1.54) is 11.3 Å². The first-order chi connectivity index (χ1) is 15.5. The lowest BCUT2D eigenvalue weighted by Gasteiger charge is -2.20. The summed E-state index contributed by atoms with van der Waals surface area (Å²) in [5.74, 6) is 0.210. The standard InChI is InChI=1S/C24H26N4O3S/c1-3-4-14(2)31-24(30)28-10-9-18-20(28)11-17(13-25-18)16-7-8-19-21(12-16)32-23(26-19)27-22(29)15-5-6-15/h7-8,11-15H,3-6,9-10H2,1-2H3,(H,26,27,29). The van der Waals surface area contributed by atoms with Gasteiger partial charge in [-0.1, -0.05) is 30.7 Å². The molecule has 2 aliphatic rings. The highest BCUT2D eigenvalue weighted by molar-refractivity contribution is 7.22. The van der Waals surface area contributed by atoms with E-state index in [0.29, 0.717) is 11.7 Å². The molecule has 32 heavy (non-hydrogen) atoms. The molecule has 0 bridgehead atoms. The first kappa shape index (κ1) is 20.9. The summed E-state index contributed by atoms with van der Waals surface area (Å²) >= 11 is 1.47. The monoisotopic (exact) mass is 450 g/mol. The molecule has 1 unspecified atom stereocenters. The van der Waals surface area contributed by atoms with Crippen LogP contribution in [-0.2, 0) is 16.0 Å². The van der Waals surface area contributed by atoms with Crippen molar-refractivity contribution >= 4 is 44.4 Å². The Morgan fingerprint density at radius 1 is 1.28 bits per heavy atom. The lowest BCUT2D eigenvalue weighted by Crippen LogP contribution is -2.32. The van der Waals surface area contributed by atoms with E-state index in [1.54, 1.807) is 4.90 Å². The van der Waals surface area contributed by atoms with E-state index >= 15 is 0 Å². The normalized spacial score (nSPS) is 16.1. The van der Waals surface area contributed by atoms with Gasteiger partial charge in [0, 0.05) is 30.6 Å². The predicted molar refractivity (Wildman–Crippen MR) is 126 cm³/mol. The summed E-state index contributed by atoms with van der Waals surface area (Å²) in [6.45, 7) is 4.59. The van der Waals surface area contributed by atoms with Gasteiger partial charge in [0.2, 0.25) is 5.91 Å². The van der Waals surface area contributed by atoms with Crippen molar-refractivity contribution in [2.45, 2.75) is 52.1 Å². The first-order valence-corrected chi connectivity index (χ1v) is 12.0. The van der Waals surface area contributed by atoms with Crippen LogP contribution in [0, 0.1) is 5.92 Å². The van der Waals surface area contributed by atoms with Crippen molar-refractivity contribution in [3.05, 3.63) is 36.2 Å². The Labute approximate surface area is 190 Å². The molecule has 8 heteroatoms. The maximum atomic E-state index is 12.7. The molecule has 5 rings (SSSR count). The predicted octanol–water partition coefficient (Wildman–Crippen LogP) is 5.39. The van der Waals surface area contributed by atoms with E-state index in [2.05, 4.69) is 28.3 Å². The Bertz CT molecular complexity index is 1190.